The van der Waals surface area contributed by atoms with Gasteiger partial charge in [-0.3, -0.25) is 15.0 Å². The van der Waals surface area contributed by atoms with Crippen LogP contribution in [0.4, 0.5) is 5.69 Å². The van der Waals surface area contributed by atoms with Crippen LogP contribution in [-0.4, -0.2) is 44.0 Å². The quantitative estimate of drug-likeness (QED) is 0.204. The number of fused-ring (bicyclic) bond motifs is 2. The topological polar surface area (TPSA) is 97.2 Å². The van der Waals surface area contributed by atoms with Crippen molar-refractivity contribution in [2.75, 3.05) is 18.6 Å². The van der Waals surface area contributed by atoms with Crippen LogP contribution in [0.2, 0.25) is 25.7 Å². The van der Waals surface area contributed by atoms with E-state index in [0.717, 1.165) is 33.0 Å². The molecule has 0 radical (unpaired) electrons. The first-order valence-corrected chi connectivity index (χ1v) is 17.3. The van der Waals surface area contributed by atoms with Crippen LogP contribution in [0.3, 0.4) is 0 Å². The number of carbonyl (C=O) groups excluding carboxylic acids is 2. The number of benzene rings is 2. The third-order valence-corrected chi connectivity index (χ3v) is 9.45. The van der Waals surface area contributed by atoms with Crippen LogP contribution in [-0.2, 0) is 19.1 Å². The summed E-state index contributed by atoms with van der Waals surface area (Å²) >= 11 is 3.53. The lowest BCUT2D eigenvalue weighted by Crippen LogP contribution is -2.51. The van der Waals surface area contributed by atoms with Crippen molar-refractivity contribution in [2.24, 2.45) is 16.9 Å². The zero-order chi connectivity index (χ0) is 26.7. The molecule has 2 aromatic rings. The number of esters is 2. The van der Waals surface area contributed by atoms with E-state index in [4.69, 9.17) is 14.6 Å². The van der Waals surface area contributed by atoms with Crippen molar-refractivity contribution in [3.05, 3.63) is 58.1 Å². The second kappa shape index (κ2) is 11.4. The SMILES string of the molecule is CCCOC(=O)C1C2C(=NNc3ccccc3Br)CC(c3ccc(O)cc32)C1C(=O)OCC[Si](C)(C)C. The zero-order valence-corrected chi connectivity index (χ0v) is 24.4. The number of phenolic OH excluding ortho intramolecular Hbond substituents is 1. The van der Waals surface area contributed by atoms with Crippen LogP contribution >= 0.6 is 15.9 Å². The number of nitrogens with zero attached hydrogens (tertiary/aromatic N) is 1. The van der Waals surface area contributed by atoms with E-state index in [9.17, 15) is 14.7 Å². The number of hydrogen-bond donors (Lipinski definition) is 2. The molecule has 2 aromatic carbocycles. The number of halogens is 1. The predicted octanol–water partition coefficient (Wildman–Crippen LogP) is 6.27. The van der Waals surface area contributed by atoms with Crippen LogP contribution in [0.15, 0.2) is 52.0 Å². The molecule has 2 bridgehead atoms. The number of aromatic hydroxyl groups is 1. The smallest absolute Gasteiger partial charge is 0.310 e. The summed E-state index contributed by atoms with van der Waals surface area (Å²) in [6.07, 6.45) is 1.19. The van der Waals surface area contributed by atoms with E-state index in [0.29, 0.717) is 19.4 Å². The molecule has 37 heavy (non-hydrogen) atoms. The van der Waals surface area contributed by atoms with Crippen molar-refractivity contribution in [1.82, 2.24) is 0 Å². The molecule has 3 aliphatic rings. The minimum Gasteiger partial charge on any atom is -0.508 e. The number of anilines is 1. The van der Waals surface area contributed by atoms with Crippen LogP contribution in [0.5, 0.6) is 5.75 Å². The number of hydrazone groups is 1. The molecule has 198 valence electrons. The van der Waals surface area contributed by atoms with Crippen molar-refractivity contribution in [3.63, 3.8) is 0 Å². The lowest BCUT2D eigenvalue weighted by Gasteiger charge is -2.47. The van der Waals surface area contributed by atoms with Gasteiger partial charge in [-0.1, -0.05) is 44.8 Å². The molecule has 3 aliphatic carbocycles. The Bertz CT molecular complexity index is 1200. The lowest BCUT2D eigenvalue weighted by atomic mass is 9.55. The highest BCUT2D eigenvalue weighted by atomic mass is 79.9. The summed E-state index contributed by atoms with van der Waals surface area (Å²) in [5, 5.41) is 15.0. The van der Waals surface area contributed by atoms with E-state index in [2.05, 4.69) is 41.0 Å². The van der Waals surface area contributed by atoms with Gasteiger partial charge < -0.3 is 14.6 Å². The molecule has 0 aliphatic heterocycles. The molecule has 0 heterocycles. The number of phenols is 1. The molecule has 0 amide bonds. The molecule has 2 N–H and O–H groups in total. The predicted molar refractivity (Wildman–Crippen MR) is 151 cm³/mol. The number of rotatable bonds is 9. The van der Waals surface area contributed by atoms with Crippen molar-refractivity contribution in [1.29, 1.82) is 0 Å². The molecule has 9 heteroatoms. The molecule has 1 saturated carbocycles. The van der Waals surface area contributed by atoms with Gasteiger partial charge in [0.2, 0.25) is 0 Å². The number of ether oxygens (including phenoxy) is 2. The van der Waals surface area contributed by atoms with Gasteiger partial charge in [-0.2, -0.15) is 5.10 Å². The van der Waals surface area contributed by atoms with Crippen LogP contribution in [0.25, 0.3) is 0 Å². The highest BCUT2D eigenvalue weighted by molar-refractivity contribution is 9.10. The van der Waals surface area contributed by atoms with Gasteiger partial charge in [0.15, 0.2) is 0 Å². The Kier molecular flexibility index (Phi) is 8.43. The highest BCUT2D eigenvalue weighted by Gasteiger charge is 2.57. The van der Waals surface area contributed by atoms with Gasteiger partial charge in [-0.15, -0.1) is 0 Å². The molecule has 7 nitrogen and oxygen atoms in total. The Labute approximate surface area is 227 Å². The van der Waals surface area contributed by atoms with E-state index in [-0.39, 0.29) is 24.2 Å². The second-order valence-corrected chi connectivity index (χ2v) is 17.5. The zero-order valence-electron chi connectivity index (χ0n) is 21.8. The molecular formula is C28H35BrN2O5Si. The highest BCUT2D eigenvalue weighted by Crippen LogP contribution is 2.56. The van der Waals surface area contributed by atoms with Gasteiger partial charge in [0, 0.05) is 30.1 Å². The van der Waals surface area contributed by atoms with Gasteiger partial charge in [-0.25, -0.2) is 0 Å². The molecule has 4 unspecified atom stereocenters. The van der Waals surface area contributed by atoms with Gasteiger partial charge >= 0.3 is 11.9 Å². The Morgan fingerprint density at radius 2 is 1.76 bits per heavy atom. The van der Waals surface area contributed by atoms with Crippen molar-refractivity contribution >= 4 is 47.3 Å². The molecule has 4 atom stereocenters. The summed E-state index contributed by atoms with van der Waals surface area (Å²) in [6, 6.07) is 13.7. The maximum absolute atomic E-state index is 13.5. The normalized spacial score (nSPS) is 23.4. The van der Waals surface area contributed by atoms with Gasteiger partial charge in [0.05, 0.1) is 30.7 Å². The van der Waals surface area contributed by atoms with Gasteiger partial charge in [0.25, 0.3) is 0 Å². The van der Waals surface area contributed by atoms with E-state index < -0.39 is 31.8 Å². The van der Waals surface area contributed by atoms with E-state index in [1.165, 1.54) is 0 Å². The van der Waals surface area contributed by atoms with Crippen LogP contribution < -0.4 is 5.43 Å². The first kappa shape index (κ1) is 27.4. The molecule has 0 aromatic heterocycles. The summed E-state index contributed by atoms with van der Waals surface area (Å²) in [7, 11) is -1.40. The average Bonchev–Trinajstić information content (AvgIpc) is 2.85. The van der Waals surface area contributed by atoms with Crippen molar-refractivity contribution in [2.45, 2.75) is 57.3 Å². The monoisotopic (exact) mass is 586 g/mol. The minimum absolute atomic E-state index is 0.111. The van der Waals surface area contributed by atoms with Crippen LogP contribution in [0.1, 0.15) is 42.7 Å². The van der Waals surface area contributed by atoms with Crippen molar-refractivity contribution < 1.29 is 24.2 Å². The fraction of sp³-hybridized carbons (Fsp3) is 0.464. The molecule has 1 fully saturated rings. The van der Waals surface area contributed by atoms with E-state index in [1.807, 2.05) is 37.3 Å². The Balaban J connectivity index is 1.73. The number of para-hydroxylation sites is 1. The molecule has 5 rings (SSSR count). The summed E-state index contributed by atoms with van der Waals surface area (Å²) < 4.78 is 12.3. The molecular weight excluding hydrogens is 552 g/mol. The Hall–Kier alpha value is -2.65. The van der Waals surface area contributed by atoms with E-state index in [1.54, 1.807) is 12.1 Å². The third-order valence-electron chi connectivity index (χ3n) is 7.06. The summed E-state index contributed by atoms with van der Waals surface area (Å²) in [6.45, 7) is 9.27. The number of hydrogen-bond acceptors (Lipinski definition) is 7. The van der Waals surface area contributed by atoms with Crippen molar-refractivity contribution in [3.8, 4) is 5.75 Å². The lowest BCUT2D eigenvalue weighted by molar-refractivity contribution is -0.163. The summed E-state index contributed by atoms with van der Waals surface area (Å²) in [4.78, 5) is 27.0. The fourth-order valence-electron chi connectivity index (χ4n) is 5.24. The number of carbonyl (C=O) groups is 2. The Morgan fingerprint density at radius 1 is 1.05 bits per heavy atom. The maximum atomic E-state index is 13.5. The minimum atomic E-state index is -1.40. The fourth-order valence-corrected chi connectivity index (χ4v) is 6.32. The molecule has 0 spiro atoms. The third kappa shape index (κ3) is 6.09. The second-order valence-electron chi connectivity index (χ2n) is 11.0. The number of nitrogens with one attached hydrogen (secondary N) is 1. The maximum Gasteiger partial charge on any atom is 0.310 e. The Morgan fingerprint density at radius 3 is 2.46 bits per heavy atom. The average molecular weight is 588 g/mol. The first-order chi connectivity index (χ1) is 17.6. The van der Waals surface area contributed by atoms with Gasteiger partial charge in [0.1, 0.15) is 5.75 Å². The largest absolute Gasteiger partial charge is 0.508 e. The van der Waals surface area contributed by atoms with Crippen LogP contribution in [0, 0.1) is 11.8 Å². The summed E-state index contributed by atoms with van der Waals surface area (Å²) in [5.74, 6) is -2.94. The van der Waals surface area contributed by atoms with E-state index >= 15 is 0 Å². The molecule has 0 saturated heterocycles. The summed E-state index contributed by atoms with van der Waals surface area (Å²) in [5.41, 5.74) is 6.44. The van der Waals surface area contributed by atoms with Gasteiger partial charge in [-0.05, 0) is 70.2 Å². The standard InChI is InChI=1S/C28H35BrN2O5Si/c1-5-12-35-28(34)26-24-19-15-17(32)10-11-18(19)20(25(26)27(33)36-13-14-37(2,3)4)16-23(24)31-30-22-9-7-6-8-21(22)29/h6-11,15,20,24-26,30,32H,5,12-14,16H2,1-4H3. The first-order valence-electron chi connectivity index (χ1n) is 12.8.